The molecule has 1 fully saturated rings. The van der Waals surface area contributed by atoms with Gasteiger partial charge in [0, 0.05) is 17.3 Å². The molecule has 0 bridgehead atoms. The van der Waals surface area contributed by atoms with Crippen LogP contribution in [0.1, 0.15) is 30.9 Å². The van der Waals surface area contributed by atoms with Gasteiger partial charge in [-0.25, -0.2) is 0 Å². The van der Waals surface area contributed by atoms with Crippen LogP contribution in [-0.2, 0) is 0 Å². The van der Waals surface area contributed by atoms with Crippen LogP contribution in [0, 0.1) is 0 Å². The average Bonchev–Trinajstić information content (AvgIpc) is 2.56. The van der Waals surface area contributed by atoms with Crippen molar-refractivity contribution in [2.24, 2.45) is 0 Å². The minimum atomic E-state index is 0.435. The number of ether oxygens (including phenoxy) is 1. The van der Waals surface area contributed by atoms with Crippen molar-refractivity contribution < 1.29 is 4.74 Å². The molecule has 0 aromatic heterocycles. The van der Waals surface area contributed by atoms with E-state index in [2.05, 4.69) is 29.2 Å². The highest BCUT2D eigenvalue weighted by atomic mass is 35.5. The number of hydrogen-bond acceptors (Lipinski definition) is 2. The Balaban J connectivity index is 1.88. The van der Waals surface area contributed by atoms with Crippen molar-refractivity contribution >= 4 is 17.3 Å². The predicted octanol–water partition coefficient (Wildman–Crippen LogP) is 5.08. The summed E-state index contributed by atoms with van der Waals surface area (Å²) < 4.78 is 5.25. The zero-order valence-corrected chi connectivity index (χ0v) is 13.0. The first-order chi connectivity index (χ1) is 10.3. The SMILES string of the molecule is COc1ccc(N2CCCCC2c2ccc(Cl)cc2)cc1. The molecule has 1 unspecified atom stereocenters. The summed E-state index contributed by atoms with van der Waals surface area (Å²) in [6, 6.07) is 17.1. The van der Waals surface area contributed by atoms with Crippen LogP contribution in [0.5, 0.6) is 5.75 Å². The molecule has 0 saturated carbocycles. The summed E-state index contributed by atoms with van der Waals surface area (Å²) in [7, 11) is 1.70. The Morgan fingerprint density at radius 1 is 1.00 bits per heavy atom. The third-order valence-electron chi connectivity index (χ3n) is 4.16. The molecule has 1 heterocycles. The van der Waals surface area contributed by atoms with Crippen molar-refractivity contribution in [3.63, 3.8) is 0 Å². The molecule has 0 radical (unpaired) electrons. The molecule has 2 nitrogen and oxygen atoms in total. The predicted molar refractivity (Wildman–Crippen MR) is 88.4 cm³/mol. The summed E-state index contributed by atoms with van der Waals surface area (Å²) in [5, 5.41) is 0.797. The van der Waals surface area contributed by atoms with Crippen molar-refractivity contribution in [2.75, 3.05) is 18.6 Å². The van der Waals surface area contributed by atoms with Crippen LogP contribution in [0.25, 0.3) is 0 Å². The quantitative estimate of drug-likeness (QED) is 0.784. The second kappa shape index (κ2) is 6.40. The fourth-order valence-electron chi connectivity index (χ4n) is 3.05. The van der Waals surface area contributed by atoms with Gasteiger partial charge in [0.05, 0.1) is 13.2 Å². The lowest BCUT2D eigenvalue weighted by atomic mass is 9.94. The molecule has 1 aliphatic rings. The number of nitrogens with zero attached hydrogens (tertiary/aromatic N) is 1. The van der Waals surface area contributed by atoms with E-state index in [4.69, 9.17) is 16.3 Å². The van der Waals surface area contributed by atoms with Crippen LogP contribution in [0.4, 0.5) is 5.69 Å². The lowest BCUT2D eigenvalue weighted by Gasteiger charge is -2.38. The number of rotatable bonds is 3. The van der Waals surface area contributed by atoms with Gasteiger partial charge in [-0.15, -0.1) is 0 Å². The molecular weight excluding hydrogens is 282 g/mol. The Morgan fingerprint density at radius 2 is 1.71 bits per heavy atom. The highest BCUT2D eigenvalue weighted by Gasteiger charge is 2.24. The van der Waals surface area contributed by atoms with Crippen LogP contribution >= 0.6 is 11.6 Å². The van der Waals surface area contributed by atoms with E-state index < -0.39 is 0 Å². The number of benzene rings is 2. The number of anilines is 1. The Kier molecular flexibility index (Phi) is 4.35. The first-order valence-electron chi connectivity index (χ1n) is 7.44. The standard InChI is InChI=1S/C18H20ClNO/c1-21-17-11-9-16(10-12-17)20-13-3-2-4-18(20)14-5-7-15(19)8-6-14/h5-12,18H,2-4,13H2,1H3. The van der Waals surface area contributed by atoms with Gasteiger partial charge in [-0.2, -0.15) is 0 Å². The molecule has 0 aliphatic carbocycles. The molecule has 0 spiro atoms. The zero-order valence-electron chi connectivity index (χ0n) is 12.3. The lowest BCUT2D eigenvalue weighted by Crippen LogP contribution is -2.33. The normalized spacial score (nSPS) is 18.6. The van der Waals surface area contributed by atoms with Crippen molar-refractivity contribution in [2.45, 2.75) is 25.3 Å². The second-order valence-electron chi connectivity index (χ2n) is 5.45. The smallest absolute Gasteiger partial charge is 0.119 e. The van der Waals surface area contributed by atoms with Crippen LogP contribution in [0.3, 0.4) is 0 Å². The molecule has 0 N–H and O–H groups in total. The first kappa shape index (κ1) is 14.3. The zero-order chi connectivity index (χ0) is 14.7. The number of hydrogen-bond donors (Lipinski definition) is 0. The lowest BCUT2D eigenvalue weighted by molar-refractivity contribution is 0.414. The molecular formula is C18H20ClNO. The fraction of sp³-hybridized carbons (Fsp3) is 0.333. The van der Waals surface area contributed by atoms with Gasteiger partial charge in [0.15, 0.2) is 0 Å². The van der Waals surface area contributed by atoms with Gasteiger partial charge >= 0.3 is 0 Å². The molecule has 2 aromatic rings. The van der Waals surface area contributed by atoms with E-state index in [0.29, 0.717) is 6.04 Å². The second-order valence-corrected chi connectivity index (χ2v) is 5.89. The van der Waals surface area contributed by atoms with Gasteiger partial charge in [-0.1, -0.05) is 23.7 Å². The van der Waals surface area contributed by atoms with Gasteiger partial charge in [0.25, 0.3) is 0 Å². The number of piperidine rings is 1. The molecule has 110 valence electrons. The van der Waals surface area contributed by atoms with E-state index in [0.717, 1.165) is 17.3 Å². The first-order valence-corrected chi connectivity index (χ1v) is 7.82. The summed E-state index contributed by atoms with van der Waals surface area (Å²) in [4.78, 5) is 2.49. The molecule has 1 atom stereocenters. The largest absolute Gasteiger partial charge is 0.497 e. The summed E-state index contributed by atoms with van der Waals surface area (Å²) in [6.45, 7) is 1.10. The maximum absolute atomic E-state index is 6.01. The monoisotopic (exact) mass is 301 g/mol. The van der Waals surface area contributed by atoms with Gasteiger partial charge in [0.2, 0.25) is 0 Å². The Morgan fingerprint density at radius 3 is 2.38 bits per heavy atom. The number of methoxy groups -OCH3 is 1. The number of halogens is 1. The maximum Gasteiger partial charge on any atom is 0.119 e. The van der Waals surface area contributed by atoms with Crippen LogP contribution in [0.2, 0.25) is 5.02 Å². The van der Waals surface area contributed by atoms with E-state index >= 15 is 0 Å². The molecule has 3 rings (SSSR count). The average molecular weight is 302 g/mol. The summed E-state index contributed by atoms with van der Waals surface area (Å²) in [5.74, 6) is 0.902. The van der Waals surface area contributed by atoms with Gasteiger partial charge < -0.3 is 9.64 Å². The van der Waals surface area contributed by atoms with Crippen LogP contribution < -0.4 is 9.64 Å². The van der Waals surface area contributed by atoms with Gasteiger partial charge in [-0.05, 0) is 61.2 Å². The summed E-state index contributed by atoms with van der Waals surface area (Å²) >= 11 is 6.01. The van der Waals surface area contributed by atoms with Gasteiger partial charge in [-0.3, -0.25) is 0 Å². The molecule has 1 saturated heterocycles. The molecule has 1 aliphatic heterocycles. The van der Waals surface area contributed by atoms with E-state index in [1.807, 2.05) is 24.3 Å². The molecule has 21 heavy (non-hydrogen) atoms. The van der Waals surface area contributed by atoms with Crippen molar-refractivity contribution in [1.82, 2.24) is 0 Å². The summed E-state index contributed by atoms with van der Waals surface area (Å²) in [6.07, 6.45) is 3.71. The molecule has 0 amide bonds. The van der Waals surface area contributed by atoms with E-state index in [-0.39, 0.29) is 0 Å². The highest BCUT2D eigenvalue weighted by Crippen LogP contribution is 2.35. The van der Waals surface area contributed by atoms with E-state index in [1.165, 1.54) is 30.5 Å². The highest BCUT2D eigenvalue weighted by molar-refractivity contribution is 6.30. The topological polar surface area (TPSA) is 12.5 Å². The third-order valence-corrected chi connectivity index (χ3v) is 4.41. The molecule has 2 aromatic carbocycles. The Bertz CT molecular complexity index is 579. The maximum atomic E-state index is 6.01. The third kappa shape index (κ3) is 3.16. The van der Waals surface area contributed by atoms with Gasteiger partial charge in [0.1, 0.15) is 5.75 Å². The van der Waals surface area contributed by atoms with E-state index in [9.17, 15) is 0 Å². The van der Waals surface area contributed by atoms with Crippen LogP contribution in [0.15, 0.2) is 48.5 Å². The molecule has 3 heteroatoms. The van der Waals surface area contributed by atoms with Crippen molar-refractivity contribution in [1.29, 1.82) is 0 Å². The fourth-order valence-corrected chi connectivity index (χ4v) is 3.17. The van der Waals surface area contributed by atoms with Crippen molar-refractivity contribution in [3.8, 4) is 5.75 Å². The minimum absolute atomic E-state index is 0.435. The Labute approximate surface area is 131 Å². The van der Waals surface area contributed by atoms with Crippen molar-refractivity contribution in [3.05, 3.63) is 59.1 Å². The minimum Gasteiger partial charge on any atom is -0.497 e. The summed E-state index contributed by atoms with van der Waals surface area (Å²) in [5.41, 5.74) is 2.60. The van der Waals surface area contributed by atoms with Crippen LogP contribution in [-0.4, -0.2) is 13.7 Å². The van der Waals surface area contributed by atoms with E-state index in [1.54, 1.807) is 7.11 Å². The Hall–Kier alpha value is -1.67.